The molecule has 1 aliphatic rings. The molecule has 5 heteroatoms. The van der Waals surface area contributed by atoms with Gasteiger partial charge in [-0.3, -0.25) is 9.89 Å². The molecule has 0 radical (unpaired) electrons. The van der Waals surface area contributed by atoms with E-state index < -0.39 is 0 Å². The van der Waals surface area contributed by atoms with Gasteiger partial charge in [-0.05, 0) is 29.8 Å². The SMILES string of the molecule is COc1ccccc1N1C(N)=NCC1c1ccc(Cl)cc1. The summed E-state index contributed by atoms with van der Waals surface area (Å²) in [6.45, 7) is 0.617. The van der Waals surface area contributed by atoms with E-state index in [-0.39, 0.29) is 6.04 Å². The smallest absolute Gasteiger partial charge is 0.196 e. The average molecular weight is 302 g/mol. The number of hydrogen-bond acceptors (Lipinski definition) is 4. The Morgan fingerprint density at radius 1 is 1.19 bits per heavy atom. The molecule has 0 spiro atoms. The second-order valence-electron chi connectivity index (χ2n) is 4.81. The van der Waals surface area contributed by atoms with Gasteiger partial charge in [0.25, 0.3) is 0 Å². The molecule has 0 fully saturated rings. The van der Waals surface area contributed by atoms with E-state index in [1.54, 1.807) is 7.11 Å². The van der Waals surface area contributed by atoms with Crippen molar-refractivity contribution in [2.45, 2.75) is 6.04 Å². The predicted molar refractivity (Wildman–Crippen MR) is 86.2 cm³/mol. The summed E-state index contributed by atoms with van der Waals surface area (Å²) in [7, 11) is 1.65. The molecular weight excluding hydrogens is 286 g/mol. The molecule has 21 heavy (non-hydrogen) atoms. The summed E-state index contributed by atoms with van der Waals surface area (Å²) in [6, 6.07) is 15.6. The monoisotopic (exact) mass is 301 g/mol. The molecule has 3 rings (SSSR count). The fourth-order valence-corrected chi connectivity index (χ4v) is 2.68. The van der Waals surface area contributed by atoms with Gasteiger partial charge in [-0.15, -0.1) is 0 Å². The highest BCUT2D eigenvalue weighted by Crippen LogP contribution is 2.36. The van der Waals surface area contributed by atoms with Crippen LogP contribution in [-0.4, -0.2) is 19.6 Å². The zero-order valence-corrected chi connectivity index (χ0v) is 12.4. The van der Waals surface area contributed by atoms with Gasteiger partial charge in [0.2, 0.25) is 0 Å². The first kappa shape index (κ1) is 13.8. The van der Waals surface area contributed by atoms with E-state index in [1.807, 2.05) is 53.4 Å². The van der Waals surface area contributed by atoms with E-state index in [2.05, 4.69) is 4.99 Å². The Hall–Kier alpha value is -2.20. The fourth-order valence-electron chi connectivity index (χ4n) is 2.56. The van der Waals surface area contributed by atoms with Gasteiger partial charge in [0.1, 0.15) is 5.75 Å². The number of nitrogens with two attached hydrogens (primary N) is 1. The topological polar surface area (TPSA) is 50.9 Å². The van der Waals surface area contributed by atoms with Crippen LogP contribution >= 0.6 is 11.6 Å². The molecule has 108 valence electrons. The molecule has 4 nitrogen and oxygen atoms in total. The van der Waals surface area contributed by atoms with Gasteiger partial charge < -0.3 is 10.5 Å². The maximum Gasteiger partial charge on any atom is 0.196 e. The number of nitrogens with zero attached hydrogens (tertiary/aromatic N) is 2. The number of anilines is 1. The van der Waals surface area contributed by atoms with E-state index in [1.165, 1.54) is 0 Å². The van der Waals surface area contributed by atoms with E-state index in [0.717, 1.165) is 22.0 Å². The van der Waals surface area contributed by atoms with Crippen molar-refractivity contribution in [3.63, 3.8) is 0 Å². The zero-order valence-electron chi connectivity index (χ0n) is 11.7. The summed E-state index contributed by atoms with van der Waals surface area (Å²) >= 11 is 5.96. The number of benzene rings is 2. The molecule has 0 saturated heterocycles. The number of ether oxygens (including phenoxy) is 1. The van der Waals surface area contributed by atoms with Crippen molar-refractivity contribution in [1.29, 1.82) is 0 Å². The van der Waals surface area contributed by atoms with Crippen molar-refractivity contribution in [3.8, 4) is 5.75 Å². The molecule has 2 aromatic rings. The lowest BCUT2D eigenvalue weighted by Gasteiger charge is -2.28. The highest BCUT2D eigenvalue weighted by molar-refractivity contribution is 6.30. The molecule has 2 N–H and O–H groups in total. The van der Waals surface area contributed by atoms with Crippen LogP contribution in [0, 0.1) is 0 Å². The van der Waals surface area contributed by atoms with Gasteiger partial charge in [-0.2, -0.15) is 0 Å². The van der Waals surface area contributed by atoms with Crippen molar-refractivity contribution in [3.05, 3.63) is 59.1 Å². The third kappa shape index (κ3) is 2.54. The van der Waals surface area contributed by atoms with Crippen LogP contribution in [0.25, 0.3) is 0 Å². The van der Waals surface area contributed by atoms with Gasteiger partial charge in [-0.1, -0.05) is 35.9 Å². The Labute approximate surface area is 128 Å². The summed E-state index contributed by atoms with van der Waals surface area (Å²) in [5.41, 5.74) is 8.12. The van der Waals surface area contributed by atoms with Crippen LogP contribution in [0.3, 0.4) is 0 Å². The number of guanidine groups is 1. The minimum absolute atomic E-state index is 0.0542. The molecule has 0 aromatic heterocycles. The van der Waals surface area contributed by atoms with Gasteiger partial charge >= 0.3 is 0 Å². The Bertz CT molecular complexity index is 669. The maximum absolute atomic E-state index is 6.09. The molecule has 0 aliphatic carbocycles. The fraction of sp³-hybridized carbons (Fsp3) is 0.188. The minimum atomic E-state index is 0.0542. The number of hydrogen-bond donors (Lipinski definition) is 1. The molecule has 1 heterocycles. The van der Waals surface area contributed by atoms with Crippen LogP contribution in [0.4, 0.5) is 5.69 Å². The summed E-state index contributed by atoms with van der Waals surface area (Å²) < 4.78 is 5.44. The van der Waals surface area contributed by atoms with E-state index in [4.69, 9.17) is 22.1 Å². The molecule has 0 saturated carbocycles. The van der Waals surface area contributed by atoms with E-state index >= 15 is 0 Å². The van der Waals surface area contributed by atoms with Gasteiger partial charge in [0, 0.05) is 5.02 Å². The maximum atomic E-state index is 6.09. The number of methoxy groups -OCH3 is 1. The first-order chi connectivity index (χ1) is 10.2. The lowest BCUT2D eigenvalue weighted by molar-refractivity contribution is 0.415. The highest BCUT2D eigenvalue weighted by atomic mass is 35.5. The van der Waals surface area contributed by atoms with Crippen LogP contribution in [0.1, 0.15) is 11.6 Å². The molecular formula is C16H16ClN3O. The van der Waals surface area contributed by atoms with Gasteiger partial charge in [0.05, 0.1) is 25.4 Å². The van der Waals surface area contributed by atoms with Crippen LogP contribution in [-0.2, 0) is 0 Å². The summed E-state index contributed by atoms with van der Waals surface area (Å²) in [6.07, 6.45) is 0. The molecule has 1 aliphatic heterocycles. The second kappa shape index (κ2) is 5.66. The second-order valence-corrected chi connectivity index (χ2v) is 5.24. The van der Waals surface area contributed by atoms with Crippen molar-refractivity contribution in [2.24, 2.45) is 10.7 Å². The minimum Gasteiger partial charge on any atom is -0.495 e. The van der Waals surface area contributed by atoms with E-state index in [9.17, 15) is 0 Å². The zero-order chi connectivity index (χ0) is 14.8. The van der Waals surface area contributed by atoms with Crippen LogP contribution < -0.4 is 15.4 Å². The summed E-state index contributed by atoms with van der Waals surface area (Å²) in [4.78, 5) is 6.38. The van der Waals surface area contributed by atoms with Crippen LogP contribution in [0.2, 0.25) is 5.02 Å². The van der Waals surface area contributed by atoms with Crippen LogP contribution in [0.15, 0.2) is 53.5 Å². The first-order valence-electron chi connectivity index (χ1n) is 6.68. The number of para-hydroxylation sites is 2. The Kier molecular flexibility index (Phi) is 3.71. The van der Waals surface area contributed by atoms with Crippen molar-refractivity contribution in [1.82, 2.24) is 0 Å². The van der Waals surface area contributed by atoms with Crippen molar-refractivity contribution in [2.75, 3.05) is 18.6 Å². The number of rotatable bonds is 3. The normalized spacial score (nSPS) is 17.7. The average Bonchev–Trinajstić information content (AvgIpc) is 2.89. The molecule has 0 amide bonds. The Balaban J connectivity index is 2.01. The molecule has 0 bridgehead atoms. The molecule has 2 aromatic carbocycles. The third-order valence-electron chi connectivity index (χ3n) is 3.58. The Morgan fingerprint density at radius 3 is 2.62 bits per heavy atom. The predicted octanol–water partition coefficient (Wildman–Crippen LogP) is 3.22. The van der Waals surface area contributed by atoms with Gasteiger partial charge in [-0.25, -0.2) is 0 Å². The summed E-state index contributed by atoms with van der Waals surface area (Å²) in [5, 5.41) is 0.717. The lowest BCUT2D eigenvalue weighted by Crippen LogP contribution is -2.36. The molecule has 1 atom stereocenters. The first-order valence-corrected chi connectivity index (χ1v) is 7.06. The number of aliphatic imine (C=N–C) groups is 1. The highest BCUT2D eigenvalue weighted by Gasteiger charge is 2.30. The van der Waals surface area contributed by atoms with Crippen molar-refractivity contribution < 1.29 is 4.74 Å². The van der Waals surface area contributed by atoms with Crippen LogP contribution in [0.5, 0.6) is 5.75 Å². The molecule has 1 unspecified atom stereocenters. The lowest BCUT2D eigenvalue weighted by atomic mass is 10.1. The van der Waals surface area contributed by atoms with E-state index in [0.29, 0.717) is 12.5 Å². The Morgan fingerprint density at radius 2 is 1.90 bits per heavy atom. The quantitative estimate of drug-likeness (QED) is 0.947. The third-order valence-corrected chi connectivity index (χ3v) is 3.84. The number of halogens is 1. The summed E-state index contributed by atoms with van der Waals surface area (Å²) in [5.74, 6) is 1.27. The van der Waals surface area contributed by atoms with Gasteiger partial charge in [0.15, 0.2) is 5.96 Å². The largest absolute Gasteiger partial charge is 0.495 e. The standard InChI is InChI=1S/C16H16ClN3O/c1-21-15-5-3-2-4-13(15)20-14(10-19-16(20)18)11-6-8-12(17)9-7-11/h2-9,14H,10H2,1H3,(H2,18,19). The van der Waals surface area contributed by atoms with Crippen molar-refractivity contribution >= 4 is 23.2 Å².